The lowest BCUT2D eigenvalue weighted by Gasteiger charge is -2.62. The molecule has 4 aliphatic rings. The molecule has 0 saturated carbocycles. The van der Waals surface area contributed by atoms with Crippen LogP contribution >= 0.6 is 0 Å². The maximum absolute atomic E-state index is 14.5. The van der Waals surface area contributed by atoms with Gasteiger partial charge in [0.05, 0.1) is 47.8 Å². The van der Waals surface area contributed by atoms with Crippen LogP contribution in [-0.4, -0.2) is 140 Å². The zero-order chi connectivity index (χ0) is 38.6. The van der Waals surface area contributed by atoms with Crippen LogP contribution in [0.1, 0.15) is 108 Å². The summed E-state index contributed by atoms with van der Waals surface area (Å²) in [7, 11) is 3.57. The Hall–Kier alpha value is -0.970. The first-order valence-electron chi connectivity index (χ1n) is 19.1. The van der Waals surface area contributed by atoms with Crippen molar-refractivity contribution in [2.45, 2.75) is 198 Å². The van der Waals surface area contributed by atoms with E-state index in [1.807, 2.05) is 13.8 Å². The van der Waals surface area contributed by atoms with E-state index in [9.17, 15) is 30.3 Å². The van der Waals surface area contributed by atoms with Gasteiger partial charge < -0.3 is 58.9 Å². The number of fused-ring (bicyclic) bond motifs is 2. The molecule has 4 saturated heterocycles. The summed E-state index contributed by atoms with van der Waals surface area (Å²) < 4.78 is 38.0. The molecule has 0 aromatic rings. The van der Waals surface area contributed by atoms with Crippen molar-refractivity contribution >= 4 is 5.97 Å². The van der Waals surface area contributed by atoms with E-state index < -0.39 is 101 Å². The van der Waals surface area contributed by atoms with Crippen molar-refractivity contribution in [1.29, 1.82) is 0 Å². The Labute approximate surface area is 305 Å². The van der Waals surface area contributed by atoms with Gasteiger partial charge in [-0.05, 0) is 80.7 Å². The van der Waals surface area contributed by atoms with Crippen molar-refractivity contribution < 1.29 is 58.7 Å². The Kier molecular flexibility index (Phi) is 13.1. The van der Waals surface area contributed by atoms with E-state index in [2.05, 4.69) is 25.8 Å². The van der Waals surface area contributed by atoms with Crippen molar-refractivity contribution in [2.75, 3.05) is 14.2 Å². The van der Waals surface area contributed by atoms with Crippen LogP contribution in [-0.2, 0) is 33.2 Å². The van der Waals surface area contributed by atoms with E-state index >= 15 is 0 Å². The average molecular weight is 732 g/mol. The van der Waals surface area contributed by atoms with Crippen LogP contribution in [0, 0.1) is 23.7 Å². The molecule has 0 amide bonds. The number of hydrogen-bond acceptors (Lipinski definition) is 13. The Morgan fingerprint density at radius 2 is 1.59 bits per heavy atom. The molecule has 0 aromatic carbocycles. The predicted molar refractivity (Wildman–Crippen MR) is 188 cm³/mol. The van der Waals surface area contributed by atoms with Gasteiger partial charge in [-0.25, -0.2) is 0 Å². The van der Waals surface area contributed by atoms with E-state index in [1.54, 1.807) is 41.5 Å². The number of aliphatic hydroxyl groups is 5. The molecule has 5 N–H and O–H groups in total. The molecule has 0 aliphatic carbocycles. The number of esters is 1. The van der Waals surface area contributed by atoms with Gasteiger partial charge >= 0.3 is 5.97 Å². The fourth-order valence-electron chi connectivity index (χ4n) is 9.46. The van der Waals surface area contributed by atoms with E-state index in [4.69, 9.17) is 28.4 Å². The maximum Gasteiger partial charge on any atom is 0.317 e. The Balaban J connectivity index is 1.81. The third-order valence-electron chi connectivity index (χ3n) is 12.9. The molecule has 8 unspecified atom stereocenters. The molecule has 13 heteroatoms. The number of carbonyl (C=O) groups excluding carboxylic acids is 1. The van der Waals surface area contributed by atoms with Gasteiger partial charge in [-0.15, -0.1) is 0 Å². The van der Waals surface area contributed by atoms with Gasteiger partial charge in [-0.2, -0.15) is 0 Å². The highest BCUT2D eigenvalue weighted by Gasteiger charge is 2.70. The first kappa shape index (κ1) is 42.8. The van der Waals surface area contributed by atoms with Crippen molar-refractivity contribution in [2.24, 2.45) is 23.7 Å². The molecule has 13 nitrogen and oxygen atoms in total. The first-order valence-corrected chi connectivity index (χ1v) is 19.1. The highest BCUT2D eigenvalue weighted by Crippen LogP contribution is 2.55. The molecule has 0 radical (unpaired) electrons. The smallest absolute Gasteiger partial charge is 0.317 e. The molecule has 4 rings (SSSR count). The van der Waals surface area contributed by atoms with Crippen LogP contribution < -0.4 is 0 Å². The van der Waals surface area contributed by atoms with Crippen molar-refractivity contribution in [3.63, 3.8) is 0 Å². The Bertz CT molecular complexity index is 1190. The summed E-state index contributed by atoms with van der Waals surface area (Å²) in [5.41, 5.74) is -4.66. The molecule has 4 aliphatic heterocycles. The minimum Gasteiger partial charge on any atom is -0.459 e. The van der Waals surface area contributed by atoms with Gasteiger partial charge in [0, 0.05) is 43.9 Å². The number of carbonyl (C=O) groups is 1. The minimum atomic E-state index is -1.94. The summed E-state index contributed by atoms with van der Waals surface area (Å²) in [4.78, 5) is 16.8. The van der Waals surface area contributed by atoms with E-state index in [0.717, 1.165) is 6.42 Å². The number of ether oxygens (including phenoxy) is 6. The number of methoxy groups -OCH3 is 1. The highest BCUT2D eigenvalue weighted by molar-refractivity contribution is 5.76. The molecule has 51 heavy (non-hydrogen) atoms. The fraction of sp³-hybridized carbons (Fsp3) is 0.974. The van der Waals surface area contributed by atoms with Crippen LogP contribution in [0.2, 0.25) is 0 Å². The summed E-state index contributed by atoms with van der Waals surface area (Å²) in [5, 5.41) is 58.2. The van der Waals surface area contributed by atoms with Crippen molar-refractivity contribution in [3.8, 4) is 0 Å². The summed E-state index contributed by atoms with van der Waals surface area (Å²) in [5.74, 6) is -5.43. The normalized spacial score (nSPS) is 51.9. The van der Waals surface area contributed by atoms with Gasteiger partial charge in [-0.3, -0.25) is 4.79 Å². The lowest BCUT2D eigenvalue weighted by atomic mass is 9.68. The molecule has 1 spiro atoms. The molecular weight excluding hydrogens is 662 g/mol. The number of rotatable bonds is 6. The second kappa shape index (κ2) is 15.6. The number of hydrogen-bond donors (Lipinski definition) is 5. The monoisotopic (exact) mass is 731 g/mol. The topological polar surface area (TPSA) is 177 Å². The van der Waals surface area contributed by atoms with Crippen molar-refractivity contribution in [1.82, 2.24) is 4.90 Å². The lowest BCUT2D eigenvalue weighted by Crippen LogP contribution is -2.75. The molecule has 0 bridgehead atoms. The van der Waals surface area contributed by atoms with Gasteiger partial charge in [-0.1, -0.05) is 27.7 Å². The summed E-state index contributed by atoms with van der Waals surface area (Å²) >= 11 is 0. The highest BCUT2D eigenvalue weighted by atomic mass is 16.7. The van der Waals surface area contributed by atoms with Gasteiger partial charge in [0.25, 0.3) is 0 Å². The SMILES string of the molecule is CC[C@H]1OC(=O)[C@H]2[C@@H](OC23CC(C)(OC)C(O)C(C)O3)[C@H](C)C(OC2CC(N(C)C(C)C)CC(C)O2)[C@@](C)(O)C[C@@H](C)[C@H](O)[C@H](C)[C@@H](O)[C@]1(C)O. The third-order valence-corrected chi connectivity index (χ3v) is 12.9. The van der Waals surface area contributed by atoms with E-state index in [-0.39, 0.29) is 31.4 Å². The van der Waals surface area contributed by atoms with Crippen LogP contribution in [0.4, 0.5) is 0 Å². The van der Waals surface area contributed by atoms with Crippen LogP contribution in [0.15, 0.2) is 0 Å². The quantitative estimate of drug-likeness (QED) is 0.253. The molecule has 298 valence electrons. The molecule has 4 fully saturated rings. The van der Waals surface area contributed by atoms with Gasteiger partial charge in [0.2, 0.25) is 0 Å². The molecule has 4 heterocycles. The summed E-state index contributed by atoms with van der Waals surface area (Å²) in [6.45, 7) is 19.8. The molecular formula is C38H69NO12. The minimum absolute atomic E-state index is 0.00452. The standard InChI is InChI=1S/C38H69NO12/c1-14-26-37(11,45)31(41)22(6)29(40)20(4)17-35(9,44)33(49-27-16-25(15-21(5)47-27)39(12)19(2)3)23(7)30-28(34(43)48-26)38(51-30)18-36(10,46-13)32(42)24(8)50-38/h19-33,40-42,44-45H,14-18H2,1-13H3/t20-,21?,22+,23+,24?,25?,26-,27?,28-,29+,30+,31-,32?,33?,35+,36?,37-,38?/m1/s1. The second-order valence-electron chi connectivity index (χ2n) is 17.4. The fourth-order valence-corrected chi connectivity index (χ4v) is 9.46. The molecule has 18 atom stereocenters. The van der Waals surface area contributed by atoms with Gasteiger partial charge in [0.15, 0.2) is 12.1 Å². The van der Waals surface area contributed by atoms with E-state index in [0.29, 0.717) is 12.5 Å². The zero-order valence-electron chi connectivity index (χ0n) is 33.2. The summed E-state index contributed by atoms with van der Waals surface area (Å²) in [6, 6.07) is 0.464. The number of aliphatic hydroxyl groups excluding tert-OH is 3. The lowest BCUT2D eigenvalue weighted by molar-refractivity contribution is -0.440. The van der Waals surface area contributed by atoms with E-state index in [1.165, 1.54) is 14.0 Å². The maximum atomic E-state index is 14.5. The largest absolute Gasteiger partial charge is 0.459 e. The van der Waals surface area contributed by atoms with Gasteiger partial charge in [0.1, 0.15) is 23.7 Å². The Morgan fingerprint density at radius 1 is 0.961 bits per heavy atom. The predicted octanol–water partition coefficient (Wildman–Crippen LogP) is 2.75. The average Bonchev–Trinajstić information content (AvgIpc) is 3.04. The Morgan fingerprint density at radius 3 is 2.16 bits per heavy atom. The zero-order valence-corrected chi connectivity index (χ0v) is 33.2. The van der Waals surface area contributed by atoms with Crippen molar-refractivity contribution in [3.05, 3.63) is 0 Å². The second-order valence-corrected chi connectivity index (χ2v) is 17.4. The molecule has 0 aromatic heterocycles. The van der Waals surface area contributed by atoms with Crippen LogP contribution in [0.3, 0.4) is 0 Å². The first-order chi connectivity index (χ1) is 23.5. The van der Waals surface area contributed by atoms with Crippen LogP contribution in [0.5, 0.6) is 0 Å². The number of nitrogens with zero attached hydrogens (tertiary/aromatic N) is 1. The third kappa shape index (κ3) is 8.20. The summed E-state index contributed by atoms with van der Waals surface area (Å²) in [6.07, 6.45) is -6.63. The van der Waals surface area contributed by atoms with Crippen LogP contribution in [0.25, 0.3) is 0 Å². The number of cyclic esters (lactones) is 1.